The van der Waals surface area contributed by atoms with E-state index < -0.39 is 0 Å². The molecule has 1 saturated heterocycles. The standard InChI is InChI=1S/C21H24N4O/c1-16-23-24-21(26-16)12-22-20-15-25(13-17-8-4-2-5-9-17)14-19(20)18-10-6-3-7-11-18/h2-11,19-20,22H,12-15H2,1H3/t19-,20+/m0/s1. The SMILES string of the molecule is Cc1nnc(CN[C@@H]2CN(Cc3ccccc3)C[C@H]2c2ccccc2)o1. The first kappa shape index (κ1) is 16.9. The number of hydrogen-bond donors (Lipinski definition) is 1. The predicted octanol–water partition coefficient (Wildman–Crippen LogP) is 3.14. The maximum atomic E-state index is 5.51. The predicted molar refractivity (Wildman–Crippen MR) is 101 cm³/mol. The van der Waals surface area contributed by atoms with Crippen LogP contribution >= 0.6 is 0 Å². The van der Waals surface area contributed by atoms with Crippen LogP contribution in [0.1, 0.15) is 28.8 Å². The molecule has 0 aliphatic carbocycles. The molecule has 0 unspecified atom stereocenters. The van der Waals surface area contributed by atoms with Gasteiger partial charge in [-0.3, -0.25) is 4.90 Å². The Bertz CT molecular complexity index is 818. The summed E-state index contributed by atoms with van der Waals surface area (Å²) >= 11 is 0. The van der Waals surface area contributed by atoms with Gasteiger partial charge in [-0.1, -0.05) is 60.7 Å². The zero-order valence-corrected chi connectivity index (χ0v) is 15.0. The third-order valence-corrected chi connectivity index (χ3v) is 4.96. The molecular formula is C21H24N4O. The van der Waals surface area contributed by atoms with Crippen LogP contribution in [0.4, 0.5) is 0 Å². The van der Waals surface area contributed by atoms with Crippen molar-refractivity contribution in [1.82, 2.24) is 20.4 Å². The molecule has 5 heteroatoms. The zero-order chi connectivity index (χ0) is 17.8. The van der Waals surface area contributed by atoms with Gasteiger partial charge in [0.25, 0.3) is 0 Å². The zero-order valence-electron chi connectivity index (χ0n) is 15.0. The average molecular weight is 348 g/mol. The van der Waals surface area contributed by atoms with Crippen LogP contribution in [0.25, 0.3) is 0 Å². The number of likely N-dealkylation sites (tertiary alicyclic amines) is 1. The smallest absolute Gasteiger partial charge is 0.230 e. The van der Waals surface area contributed by atoms with Gasteiger partial charge in [0, 0.05) is 38.5 Å². The second kappa shape index (κ2) is 7.81. The van der Waals surface area contributed by atoms with E-state index in [1.165, 1.54) is 11.1 Å². The maximum absolute atomic E-state index is 5.51. The van der Waals surface area contributed by atoms with Crippen LogP contribution < -0.4 is 5.32 Å². The van der Waals surface area contributed by atoms with E-state index in [1.807, 2.05) is 6.92 Å². The first-order chi connectivity index (χ1) is 12.8. The minimum Gasteiger partial charge on any atom is -0.424 e. The molecule has 26 heavy (non-hydrogen) atoms. The summed E-state index contributed by atoms with van der Waals surface area (Å²) < 4.78 is 5.51. The fourth-order valence-corrected chi connectivity index (χ4v) is 3.73. The first-order valence-corrected chi connectivity index (χ1v) is 9.11. The van der Waals surface area contributed by atoms with Gasteiger partial charge in [-0.15, -0.1) is 10.2 Å². The van der Waals surface area contributed by atoms with Crippen molar-refractivity contribution in [3.05, 3.63) is 83.6 Å². The van der Waals surface area contributed by atoms with Crippen molar-refractivity contribution in [2.75, 3.05) is 13.1 Å². The van der Waals surface area contributed by atoms with Crippen LogP contribution in [0.2, 0.25) is 0 Å². The molecule has 1 aromatic heterocycles. The van der Waals surface area contributed by atoms with Crippen LogP contribution in [-0.2, 0) is 13.1 Å². The molecule has 0 radical (unpaired) electrons. The molecule has 3 aromatic rings. The molecule has 0 saturated carbocycles. The molecule has 0 bridgehead atoms. The number of rotatable bonds is 6. The summed E-state index contributed by atoms with van der Waals surface area (Å²) in [6.07, 6.45) is 0. The number of aromatic nitrogens is 2. The van der Waals surface area contributed by atoms with Gasteiger partial charge in [-0.05, 0) is 11.1 Å². The van der Waals surface area contributed by atoms with Crippen molar-refractivity contribution in [1.29, 1.82) is 0 Å². The maximum Gasteiger partial charge on any atom is 0.230 e. The van der Waals surface area contributed by atoms with Crippen molar-refractivity contribution in [3.8, 4) is 0 Å². The normalized spacial score (nSPS) is 20.5. The second-order valence-electron chi connectivity index (χ2n) is 6.90. The van der Waals surface area contributed by atoms with Gasteiger partial charge >= 0.3 is 0 Å². The molecule has 1 aliphatic heterocycles. The van der Waals surface area contributed by atoms with Gasteiger partial charge in [0.2, 0.25) is 11.8 Å². The lowest BCUT2D eigenvalue weighted by Gasteiger charge is -2.19. The van der Waals surface area contributed by atoms with Crippen LogP contribution in [0.3, 0.4) is 0 Å². The summed E-state index contributed by atoms with van der Waals surface area (Å²) in [7, 11) is 0. The van der Waals surface area contributed by atoms with Crippen molar-refractivity contribution in [2.45, 2.75) is 32.0 Å². The van der Waals surface area contributed by atoms with Crippen molar-refractivity contribution in [2.24, 2.45) is 0 Å². The van der Waals surface area contributed by atoms with E-state index in [1.54, 1.807) is 0 Å². The topological polar surface area (TPSA) is 54.2 Å². The number of benzene rings is 2. The lowest BCUT2D eigenvalue weighted by Crippen LogP contribution is -2.35. The monoisotopic (exact) mass is 348 g/mol. The highest BCUT2D eigenvalue weighted by atomic mass is 16.4. The highest BCUT2D eigenvalue weighted by molar-refractivity contribution is 5.24. The number of nitrogens with one attached hydrogen (secondary N) is 1. The molecular weight excluding hydrogens is 324 g/mol. The van der Waals surface area contributed by atoms with E-state index in [4.69, 9.17) is 4.42 Å². The average Bonchev–Trinajstić information content (AvgIpc) is 3.27. The molecule has 2 heterocycles. The summed E-state index contributed by atoms with van der Waals surface area (Å²) in [5.41, 5.74) is 2.73. The van der Waals surface area contributed by atoms with E-state index >= 15 is 0 Å². The highest BCUT2D eigenvalue weighted by Crippen LogP contribution is 2.29. The molecule has 1 N–H and O–H groups in total. The number of nitrogens with zero attached hydrogens (tertiary/aromatic N) is 3. The van der Waals surface area contributed by atoms with Crippen LogP contribution in [0.5, 0.6) is 0 Å². The molecule has 0 spiro atoms. The van der Waals surface area contributed by atoms with E-state index in [9.17, 15) is 0 Å². The van der Waals surface area contributed by atoms with Crippen molar-refractivity contribution in [3.63, 3.8) is 0 Å². The molecule has 4 rings (SSSR count). The molecule has 2 atom stereocenters. The first-order valence-electron chi connectivity index (χ1n) is 9.11. The summed E-state index contributed by atoms with van der Waals surface area (Å²) in [6, 6.07) is 21.8. The Morgan fingerprint density at radius 2 is 1.73 bits per heavy atom. The number of aryl methyl sites for hydroxylation is 1. The van der Waals surface area contributed by atoms with Gasteiger partial charge in [0.15, 0.2) is 0 Å². The van der Waals surface area contributed by atoms with Crippen LogP contribution in [-0.4, -0.2) is 34.2 Å². The Balaban J connectivity index is 1.47. The Morgan fingerprint density at radius 1 is 1.00 bits per heavy atom. The summed E-state index contributed by atoms with van der Waals surface area (Å²) in [5, 5.41) is 11.6. The molecule has 2 aromatic carbocycles. The fraction of sp³-hybridized carbons (Fsp3) is 0.333. The lowest BCUT2D eigenvalue weighted by atomic mass is 9.94. The van der Waals surface area contributed by atoms with Crippen molar-refractivity contribution >= 4 is 0 Å². The molecule has 134 valence electrons. The van der Waals surface area contributed by atoms with E-state index in [0.717, 1.165) is 19.6 Å². The van der Waals surface area contributed by atoms with Gasteiger partial charge in [-0.2, -0.15) is 0 Å². The van der Waals surface area contributed by atoms with Crippen LogP contribution in [0, 0.1) is 6.92 Å². The molecule has 5 nitrogen and oxygen atoms in total. The van der Waals surface area contributed by atoms with E-state index in [-0.39, 0.29) is 0 Å². The Hall–Kier alpha value is -2.50. The summed E-state index contributed by atoms with van der Waals surface area (Å²) in [6.45, 7) is 5.44. The van der Waals surface area contributed by atoms with Gasteiger partial charge in [0.1, 0.15) is 0 Å². The van der Waals surface area contributed by atoms with Crippen LogP contribution in [0.15, 0.2) is 65.1 Å². The largest absolute Gasteiger partial charge is 0.424 e. The molecule has 1 fully saturated rings. The second-order valence-corrected chi connectivity index (χ2v) is 6.90. The minimum atomic E-state index is 0.355. The van der Waals surface area contributed by atoms with Gasteiger partial charge in [0.05, 0.1) is 6.54 Å². The fourth-order valence-electron chi connectivity index (χ4n) is 3.73. The Kier molecular flexibility index (Phi) is 5.09. The van der Waals surface area contributed by atoms with Gasteiger partial charge < -0.3 is 9.73 Å². The molecule has 1 aliphatic rings. The third-order valence-electron chi connectivity index (χ3n) is 4.96. The third kappa shape index (κ3) is 4.00. The highest BCUT2D eigenvalue weighted by Gasteiger charge is 2.33. The number of hydrogen-bond acceptors (Lipinski definition) is 5. The summed E-state index contributed by atoms with van der Waals surface area (Å²) in [5.74, 6) is 1.71. The van der Waals surface area contributed by atoms with E-state index in [2.05, 4.69) is 81.1 Å². The summed E-state index contributed by atoms with van der Waals surface area (Å²) in [4.78, 5) is 2.52. The quantitative estimate of drug-likeness (QED) is 0.742. The molecule has 0 amide bonds. The van der Waals surface area contributed by atoms with Gasteiger partial charge in [-0.25, -0.2) is 0 Å². The van der Waals surface area contributed by atoms with E-state index in [0.29, 0.717) is 30.3 Å². The Morgan fingerprint density at radius 3 is 2.42 bits per heavy atom. The Labute approximate surface area is 154 Å². The van der Waals surface area contributed by atoms with Crippen molar-refractivity contribution < 1.29 is 4.42 Å². The minimum absolute atomic E-state index is 0.355. The lowest BCUT2D eigenvalue weighted by molar-refractivity contribution is 0.316.